The van der Waals surface area contributed by atoms with Gasteiger partial charge in [-0.05, 0) is 43.3 Å². The highest BCUT2D eigenvalue weighted by atomic mass is 32.2. The molecule has 0 aliphatic carbocycles. The molecule has 0 bridgehead atoms. The predicted octanol–water partition coefficient (Wildman–Crippen LogP) is 3.53. The summed E-state index contributed by atoms with van der Waals surface area (Å²) >= 11 is 1.25. The summed E-state index contributed by atoms with van der Waals surface area (Å²) in [6, 6.07) is 10.8. The van der Waals surface area contributed by atoms with E-state index in [0.717, 1.165) is 0 Å². The molecule has 2 aromatic carbocycles. The standard InChI is InChI=1S/C20H18FN3O4S/c1-2-24-19(26)17(10-18(25)22-13-5-3-12(21)4-6-13)29-20(24)23-14-7-8-15-16(9-14)28-11-27-15/h3-9,17H,2,10-11H2,1H3,(H,22,25)/t17-/m0/s1. The van der Waals surface area contributed by atoms with Gasteiger partial charge < -0.3 is 14.8 Å². The normalized spacial score (nSPS) is 19.1. The topological polar surface area (TPSA) is 80.2 Å². The first kappa shape index (κ1) is 19.3. The van der Waals surface area contributed by atoms with Crippen LogP contribution in [0.25, 0.3) is 0 Å². The summed E-state index contributed by atoms with van der Waals surface area (Å²) in [6.45, 7) is 2.48. The molecule has 1 N–H and O–H groups in total. The van der Waals surface area contributed by atoms with Crippen LogP contribution in [-0.2, 0) is 9.59 Å². The zero-order valence-corrected chi connectivity index (χ0v) is 16.4. The van der Waals surface area contributed by atoms with E-state index in [0.29, 0.717) is 34.6 Å². The molecule has 9 heteroatoms. The minimum Gasteiger partial charge on any atom is -0.454 e. The molecule has 2 heterocycles. The molecule has 150 valence electrons. The van der Waals surface area contributed by atoms with E-state index in [1.165, 1.54) is 36.0 Å². The molecule has 29 heavy (non-hydrogen) atoms. The zero-order chi connectivity index (χ0) is 20.4. The Morgan fingerprint density at radius 1 is 1.24 bits per heavy atom. The molecule has 0 spiro atoms. The number of aliphatic imine (C=N–C) groups is 1. The van der Waals surface area contributed by atoms with E-state index in [-0.39, 0.29) is 30.8 Å². The molecule has 0 radical (unpaired) electrons. The molecule has 0 aromatic heterocycles. The van der Waals surface area contributed by atoms with Crippen molar-refractivity contribution in [2.24, 2.45) is 4.99 Å². The van der Waals surface area contributed by atoms with Gasteiger partial charge in [0.1, 0.15) is 11.1 Å². The summed E-state index contributed by atoms with van der Waals surface area (Å²) in [5.41, 5.74) is 1.12. The quantitative estimate of drug-likeness (QED) is 0.808. The Labute approximate surface area is 170 Å². The third-order valence-corrected chi connectivity index (χ3v) is 5.59. The molecular weight excluding hydrogens is 397 g/mol. The number of carbonyl (C=O) groups excluding carboxylic acids is 2. The van der Waals surface area contributed by atoms with E-state index in [2.05, 4.69) is 10.3 Å². The second-order valence-corrected chi connectivity index (χ2v) is 7.55. The van der Waals surface area contributed by atoms with E-state index < -0.39 is 5.25 Å². The summed E-state index contributed by atoms with van der Waals surface area (Å²) in [5, 5.41) is 2.65. The first-order valence-corrected chi connectivity index (χ1v) is 9.93. The number of amidine groups is 1. The summed E-state index contributed by atoms with van der Waals surface area (Å²) < 4.78 is 23.6. The molecule has 2 aliphatic rings. The molecule has 2 aromatic rings. The van der Waals surface area contributed by atoms with Crippen molar-refractivity contribution >= 4 is 40.1 Å². The van der Waals surface area contributed by atoms with Crippen molar-refractivity contribution in [2.45, 2.75) is 18.6 Å². The molecule has 4 rings (SSSR count). The maximum atomic E-state index is 13.0. The number of rotatable bonds is 5. The van der Waals surface area contributed by atoms with Crippen molar-refractivity contribution < 1.29 is 23.5 Å². The van der Waals surface area contributed by atoms with Crippen LogP contribution in [0, 0.1) is 5.82 Å². The van der Waals surface area contributed by atoms with Crippen molar-refractivity contribution in [3.05, 3.63) is 48.3 Å². The van der Waals surface area contributed by atoms with Gasteiger partial charge >= 0.3 is 0 Å². The van der Waals surface area contributed by atoms with Gasteiger partial charge in [0, 0.05) is 24.7 Å². The Morgan fingerprint density at radius 3 is 2.76 bits per heavy atom. The van der Waals surface area contributed by atoms with Crippen molar-refractivity contribution in [3.8, 4) is 11.5 Å². The fraction of sp³-hybridized carbons (Fsp3) is 0.250. The third kappa shape index (κ3) is 4.19. The van der Waals surface area contributed by atoms with Crippen LogP contribution < -0.4 is 14.8 Å². The SMILES string of the molecule is CCN1C(=O)[C@H](CC(=O)Nc2ccc(F)cc2)SC1=Nc1ccc2c(c1)OCO2. The number of thioether (sulfide) groups is 1. The molecular formula is C20H18FN3O4S. The zero-order valence-electron chi connectivity index (χ0n) is 15.6. The molecule has 2 aliphatic heterocycles. The van der Waals surface area contributed by atoms with Crippen molar-refractivity contribution in [1.82, 2.24) is 4.90 Å². The Hall–Kier alpha value is -3.07. The number of halogens is 1. The van der Waals surface area contributed by atoms with Gasteiger partial charge in [-0.1, -0.05) is 11.8 Å². The summed E-state index contributed by atoms with van der Waals surface area (Å²) in [5.74, 6) is 0.410. The highest BCUT2D eigenvalue weighted by Crippen LogP contribution is 2.37. The average molecular weight is 415 g/mol. The highest BCUT2D eigenvalue weighted by molar-refractivity contribution is 8.15. The number of hydrogen-bond acceptors (Lipinski definition) is 6. The first-order valence-electron chi connectivity index (χ1n) is 9.05. The van der Waals surface area contributed by atoms with Gasteiger partial charge in [0.2, 0.25) is 18.6 Å². The summed E-state index contributed by atoms with van der Waals surface area (Å²) in [6.07, 6.45) is -0.00245. The smallest absolute Gasteiger partial charge is 0.242 e. The molecule has 1 atom stereocenters. The van der Waals surface area contributed by atoms with Crippen LogP contribution in [0.15, 0.2) is 47.5 Å². The largest absolute Gasteiger partial charge is 0.454 e. The highest BCUT2D eigenvalue weighted by Gasteiger charge is 2.38. The number of nitrogens with one attached hydrogen (secondary N) is 1. The van der Waals surface area contributed by atoms with Crippen LogP contribution in [0.5, 0.6) is 11.5 Å². The Kier molecular flexibility index (Phi) is 5.39. The number of carbonyl (C=O) groups is 2. The number of anilines is 1. The van der Waals surface area contributed by atoms with E-state index in [1.807, 2.05) is 6.92 Å². The first-order chi connectivity index (χ1) is 14.0. The number of ether oxygens (including phenoxy) is 2. The van der Waals surface area contributed by atoms with Gasteiger partial charge in [0.05, 0.1) is 5.69 Å². The van der Waals surface area contributed by atoms with Crippen LogP contribution in [0.4, 0.5) is 15.8 Å². The molecule has 7 nitrogen and oxygen atoms in total. The fourth-order valence-corrected chi connectivity index (χ4v) is 4.22. The third-order valence-electron chi connectivity index (χ3n) is 4.42. The average Bonchev–Trinajstić information content (AvgIpc) is 3.28. The number of hydrogen-bond donors (Lipinski definition) is 1. The molecule has 1 fully saturated rings. The van der Waals surface area contributed by atoms with E-state index >= 15 is 0 Å². The van der Waals surface area contributed by atoms with Gasteiger partial charge in [-0.3, -0.25) is 14.5 Å². The number of fused-ring (bicyclic) bond motifs is 1. The lowest BCUT2D eigenvalue weighted by molar-refractivity contribution is -0.128. The maximum absolute atomic E-state index is 13.0. The second kappa shape index (κ2) is 8.12. The lowest BCUT2D eigenvalue weighted by Gasteiger charge is -2.13. The lowest BCUT2D eigenvalue weighted by Crippen LogP contribution is -2.33. The second-order valence-electron chi connectivity index (χ2n) is 6.38. The molecule has 0 saturated carbocycles. The number of amides is 2. The molecule has 2 amide bonds. The fourth-order valence-electron chi connectivity index (χ4n) is 2.99. The van der Waals surface area contributed by atoms with Crippen LogP contribution >= 0.6 is 11.8 Å². The van der Waals surface area contributed by atoms with Crippen LogP contribution in [0.2, 0.25) is 0 Å². The van der Waals surface area contributed by atoms with Crippen molar-refractivity contribution in [1.29, 1.82) is 0 Å². The van der Waals surface area contributed by atoms with Crippen molar-refractivity contribution in [2.75, 3.05) is 18.7 Å². The number of benzene rings is 2. The Balaban J connectivity index is 1.46. The minimum atomic E-state index is -0.567. The van der Waals surface area contributed by atoms with Crippen LogP contribution in [0.3, 0.4) is 0 Å². The maximum Gasteiger partial charge on any atom is 0.242 e. The van der Waals surface area contributed by atoms with Gasteiger partial charge in [0.25, 0.3) is 0 Å². The van der Waals surface area contributed by atoms with Crippen molar-refractivity contribution in [3.63, 3.8) is 0 Å². The lowest BCUT2D eigenvalue weighted by atomic mass is 10.2. The monoisotopic (exact) mass is 415 g/mol. The Bertz CT molecular complexity index is 980. The molecule has 0 unspecified atom stereocenters. The van der Waals surface area contributed by atoms with E-state index in [9.17, 15) is 14.0 Å². The van der Waals surface area contributed by atoms with Crippen LogP contribution in [0.1, 0.15) is 13.3 Å². The summed E-state index contributed by atoms with van der Waals surface area (Å²) in [4.78, 5) is 31.2. The predicted molar refractivity (Wildman–Crippen MR) is 108 cm³/mol. The van der Waals surface area contributed by atoms with E-state index in [1.54, 1.807) is 23.1 Å². The van der Waals surface area contributed by atoms with Gasteiger partial charge in [-0.2, -0.15) is 0 Å². The minimum absolute atomic E-state index is 0.00245. The van der Waals surface area contributed by atoms with Gasteiger partial charge in [-0.25, -0.2) is 9.38 Å². The molecule has 1 saturated heterocycles. The van der Waals surface area contributed by atoms with Gasteiger partial charge in [0.15, 0.2) is 16.7 Å². The number of nitrogens with zero attached hydrogens (tertiary/aromatic N) is 2. The van der Waals surface area contributed by atoms with Crippen LogP contribution in [-0.4, -0.2) is 40.5 Å². The Morgan fingerprint density at radius 2 is 2.00 bits per heavy atom. The summed E-state index contributed by atoms with van der Waals surface area (Å²) in [7, 11) is 0. The van der Waals surface area contributed by atoms with E-state index in [4.69, 9.17) is 9.47 Å². The van der Waals surface area contributed by atoms with Gasteiger partial charge in [-0.15, -0.1) is 0 Å².